The van der Waals surface area contributed by atoms with Crippen molar-refractivity contribution in [2.45, 2.75) is 45.8 Å². The van der Waals surface area contributed by atoms with E-state index < -0.39 is 6.10 Å². The number of carbonyl (C=O) groups is 2. The third kappa shape index (κ3) is 5.98. The minimum absolute atomic E-state index is 0.0515. The summed E-state index contributed by atoms with van der Waals surface area (Å²) in [5, 5.41) is 5.71. The Morgan fingerprint density at radius 1 is 1.16 bits per heavy atom. The molecule has 7 heteroatoms. The molecule has 0 saturated heterocycles. The van der Waals surface area contributed by atoms with Crippen LogP contribution in [0.4, 0.5) is 16.2 Å². The van der Waals surface area contributed by atoms with Gasteiger partial charge in [-0.1, -0.05) is 26.0 Å². The molecule has 0 radical (unpaired) electrons. The predicted octanol–water partition coefficient (Wildman–Crippen LogP) is 4.60. The zero-order valence-corrected chi connectivity index (χ0v) is 18.6. The van der Waals surface area contributed by atoms with E-state index in [9.17, 15) is 9.59 Å². The van der Waals surface area contributed by atoms with E-state index in [-0.39, 0.29) is 11.9 Å². The van der Waals surface area contributed by atoms with Gasteiger partial charge in [0.15, 0.2) is 6.10 Å². The Balaban J connectivity index is 1.68. The van der Waals surface area contributed by atoms with Gasteiger partial charge < -0.3 is 25.0 Å². The van der Waals surface area contributed by atoms with E-state index in [2.05, 4.69) is 24.5 Å². The molecule has 31 heavy (non-hydrogen) atoms. The number of fused-ring (bicyclic) bond motifs is 1. The lowest BCUT2D eigenvalue weighted by Crippen LogP contribution is -2.38. The molecule has 166 valence electrons. The van der Waals surface area contributed by atoms with Gasteiger partial charge in [-0.3, -0.25) is 4.79 Å². The standard InChI is InChI=1S/C24H31N3O4/c1-16(2)18-6-8-20(9-7-18)25-24(29)26-21-10-11-22-19(14-21)15-27(12-5-13-30-4)23(28)17(3)31-22/h6-11,14,16-17H,5,12-13,15H2,1-4H3,(H2,25,26,29)/t17-/m1/s1. The molecule has 0 fully saturated rings. The molecular formula is C24H31N3O4. The van der Waals surface area contributed by atoms with Crippen molar-refractivity contribution in [3.05, 3.63) is 53.6 Å². The van der Waals surface area contributed by atoms with Crippen molar-refractivity contribution in [1.82, 2.24) is 4.90 Å². The lowest BCUT2D eigenvalue weighted by atomic mass is 10.0. The van der Waals surface area contributed by atoms with Crippen molar-refractivity contribution in [1.29, 1.82) is 0 Å². The Labute approximate surface area is 183 Å². The average molecular weight is 426 g/mol. The molecule has 0 saturated carbocycles. The van der Waals surface area contributed by atoms with E-state index in [1.807, 2.05) is 30.3 Å². The summed E-state index contributed by atoms with van der Waals surface area (Å²) in [4.78, 5) is 26.8. The zero-order valence-electron chi connectivity index (χ0n) is 18.6. The average Bonchev–Trinajstić information content (AvgIpc) is 2.85. The van der Waals surface area contributed by atoms with Gasteiger partial charge in [-0.25, -0.2) is 4.79 Å². The van der Waals surface area contributed by atoms with E-state index in [0.717, 1.165) is 17.7 Å². The summed E-state index contributed by atoms with van der Waals surface area (Å²) in [6, 6.07) is 12.9. The van der Waals surface area contributed by atoms with E-state index in [4.69, 9.17) is 9.47 Å². The van der Waals surface area contributed by atoms with Crippen LogP contribution in [0, 0.1) is 0 Å². The fraction of sp³-hybridized carbons (Fsp3) is 0.417. The number of ether oxygens (including phenoxy) is 2. The summed E-state index contributed by atoms with van der Waals surface area (Å²) in [6.07, 6.45) is 0.194. The summed E-state index contributed by atoms with van der Waals surface area (Å²) in [5.41, 5.74) is 3.44. The number of benzene rings is 2. The Morgan fingerprint density at radius 2 is 1.84 bits per heavy atom. The van der Waals surface area contributed by atoms with E-state index in [1.54, 1.807) is 31.1 Å². The van der Waals surface area contributed by atoms with Crippen LogP contribution in [0.5, 0.6) is 5.75 Å². The van der Waals surface area contributed by atoms with Crippen LogP contribution in [0.15, 0.2) is 42.5 Å². The number of nitrogens with zero attached hydrogens (tertiary/aromatic N) is 1. The topological polar surface area (TPSA) is 79.9 Å². The Morgan fingerprint density at radius 3 is 2.52 bits per heavy atom. The smallest absolute Gasteiger partial charge is 0.323 e. The summed E-state index contributed by atoms with van der Waals surface area (Å²) < 4.78 is 10.9. The van der Waals surface area contributed by atoms with Gasteiger partial charge in [0.2, 0.25) is 0 Å². The minimum Gasteiger partial charge on any atom is -0.481 e. The predicted molar refractivity (Wildman–Crippen MR) is 122 cm³/mol. The third-order valence-electron chi connectivity index (χ3n) is 5.25. The van der Waals surface area contributed by atoms with Gasteiger partial charge >= 0.3 is 6.03 Å². The van der Waals surface area contributed by atoms with Gasteiger partial charge in [-0.15, -0.1) is 0 Å². The molecule has 2 aromatic rings. The second-order valence-corrected chi connectivity index (χ2v) is 8.04. The van der Waals surface area contributed by atoms with Crippen LogP contribution in [0.25, 0.3) is 0 Å². The minimum atomic E-state index is -0.556. The van der Waals surface area contributed by atoms with Crippen molar-refractivity contribution in [2.75, 3.05) is 30.9 Å². The highest BCUT2D eigenvalue weighted by molar-refractivity contribution is 5.99. The number of nitrogens with one attached hydrogen (secondary N) is 2. The maximum absolute atomic E-state index is 12.6. The van der Waals surface area contributed by atoms with Crippen molar-refractivity contribution in [2.24, 2.45) is 0 Å². The molecule has 0 aliphatic carbocycles. The second-order valence-electron chi connectivity index (χ2n) is 8.04. The summed E-state index contributed by atoms with van der Waals surface area (Å²) in [7, 11) is 1.65. The molecule has 0 unspecified atom stereocenters. The van der Waals surface area contributed by atoms with Gasteiger partial charge in [0.1, 0.15) is 5.75 Å². The quantitative estimate of drug-likeness (QED) is 0.636. The van der Waals surface area contributed by atoms with Crippen LogP contribution in [0.2, 0.25) is 0 Å². The number of hydrogen-bond donors (Lipinski definition) is 2. The molecule has 2 aromatic carbocycles. The lowest BCUT2D eigenvalue weighted by molar-refractivity contribution is -0.137. The van der Waals surface area contributed by atoms with Crippen LogP contribution in [-0.4, -0.2) is 43.2 Å². The lowest BCUT2D eigenvalue weighted by Gasteiger charge is -2.22. The molecule has 1 aliphatic heterocycles. The number of hydrogen-bond acceptors (Lipinski definition) is 4. The first-order valence-electron chi connectivity index (χ1n) is 10.6. The fourth-order valence-electron chi connectivity index (χ4n) is 3.51. The number of carbonyl (C=O) groups excluding carboxylic acids is 2. The Hall–Kier alpha value is -3.06. The fourth-order valence-corrected chi connectivity index (χ4v) is 3.51. The van der Waals surface area contributed by atoms with Gasteiger partial charge in [0.05, 0.1) is 0 Å². The van der Waals surface area contributed by atoms with Crippen molar-refractivity contribution >= 4 is 23.3 Å². The van der Waals surface area contributed by atoms with Crippen LogP contribution >= 0.6 is 0 Å². The molecule has 7 nitrogen and oxygen atoms in total. The molecule has 1 aliphatic rings. The Bertz CT molecular complexity index is 912. The number of amides is 3. The maximum atomic E-state index is 12.6. The zero-order chi connectivity index (χ0) is 22.4. The molecule has 2 N–H and O–H groups in total. The normalized spacial score (nSPS) is 15.8. The first-order valence-corrected chi connectivity index (χ1v) is 10.6. The number of urea groups is 1. The van der Waals surface area contributed by atoms with Crippen LogP contribution in [0.3, 0.4) is 0 Å². The van der Waals surface area contributed by atoms with Gasteiger partial charge in [0.25, 0.3) is 5.91 Å². The molecule has 1 atom stereocenters. The van der Waals surface area contributed by atoms with E-state index in [0.29, 0.717) is 37.1 Å². The molecule has 3 amide bonds. The highest BCUT2D eigenvalue weighted by atomic mass is 16.5. The molecule has 1 heterocycles. The van der Waals surface area contributed by atoms with Gasteiger partial charge in [-0.2, -0.15) is 0 Å². The van der Waals surface area contributed by atoms with Crippen molar-refractivity contribution in [3.8, 4) is 5.75 Å². The first-order chi connectivity index (χ1) is 14.9. The van der Waals surface area contributed by atoms with Crippen molar-refractivity contribution in [3.63, 3.8) is 0 Å². The molecule has 0 aromatic heterocycles. The number of methoxy groups -OCH3 is 1. The van der Waals surface area contributed by atoms with E-state index >= 15 is 0 Å². The second kappa shape index (κ2) is 10.3. The maximum Gasteiger partial charge on any atom is 0.323 e. The Kier molecular flexibility index (Phi) is 7.52. The largest absolute Gasteiger partial charge is 0.481 e. The first kappa shape index (κ1) is 22.6. The van der Waals surface area contributed by atoms with Gasteiger partial charge in [0, 0.05) is 43.7 Å². The highest BCUT2D eigenvalue weighted by Gasteiger charge is 2.27. The van der Waals surface area contributed by atoms with E-state index in [1.165, 1.54) is 5.56 Å². The molecular weight excluding hydrogens is 394 g/mol. The monoisotopic (exact) mass is 425 g/mol. The summed E-state index contributed by atoms with van der Waals surface area (Å²) in [5.74, 6) is 1.04. The number of anilines is 2. The van der Waals surface area contributed by atoms with Crippen LogP contribution in [0.1, 0.15) is 44.2 Å². The highest BCUT2D eigenvalue weighted by Crippen LogP contribution is 2.29. The summed E-state index contributed by atoms with van der Waals surface area (Å²) in [6.45, 7) is 7.62. The van der Waals surface area contributed by atoms with Crippen LogP contribution < -0.4 is 15.4 Å². The molecule has 0 bridgehead atoms. The SMILES string of the molecule is COCCCN1Cc2cc(NC(=O)Nc3ccc(C(C)C)cc3)ccc2O[C@H](C)C1=O. The molecule has 0 spiro atoms. The van der Waals surface area contributed by atoms with Crippen LogP contribution in [-0.2, 0) is 16.1 Å². The summed E-state index contributed by atoms with van der Waals surface area (Å²) >= 11 is 0. The molecule has 3 rings (SSSR count). The van der Waals surface area contributed by atoms with Gasteiger partial charge in [-0.05, 0) is 55.2 Å². The third-order valence-corrected chi connectivity index (χ3v) is 5.25. The van der Waals surface area contributed by atoms with Crippen molar-refractivity contribution < 1.29 is 19.1 Å². The number of rotatable bonds is 7.